The summed E-state index contributed by atoms with van der Waals surface area (Å²) in [6.45, 7) is 0. The quantitative estimate of drug-likeness (QED) is 0.441. The van der Waals surface area contributed by atoms with Crippen LogP contribution in [0.5, 0.6) is 5.75 Å². The monoisotopic (exact) mass is 523 g/mol. The fourth-order valence-corrected chi connectivity index (χ4v) is 3.90. The first-order valence-electron chi connectivity index (χ1n) is 9.00. The van der Waals surface area contributed by atoms with E-state index in [9.17, 15) is 23.2 Å². The van der Waals surface area contributed by atoms with E-state index >= 15 is 0 Å². The van der Waals surface area contributed by atoms with Gasteiger partial charge in [0.1, 0.15) is 23.3 Å². The van der Waals surface area contributed by atoms with Gasteiger partial charge in [0, 0.05) is 17.5 Å². The van der Waals surface area contributed by atoms with Gasteiger partial charge in [0.25, 0.3) is 12.3 Å². The van der Waals surface area contributed by atoms with E-state index in [4.69, 9.17) is 22.1 Å². The Morgan fingerprint density at radius 3 is 2.50 bits per heavy atom. The van der Waals surface area contributed by atoms with E-state index in [0.717, 1.165) is 6.07 Å². The van der Waals surface area contributed by atoms with Crippen LogP contribution in [-0.2, 0) is 6.42 Å². The van der Waals surface area contributed by atoms with Crippen LogP contribution in [0.25, 0.3) is 11.3 Å². The van der Waals surface area contributed by atoms with E-state index in [1.807, 2.05) is 6.07 Å². The van der Waals surface area contributed by atoms with Gasteiger partial charge < -0.3 is 10.5 Å². The SMILES string of the molecule is COc1c(Cc2ccc(-c3nc(C(F)F)c(Br)c(Cl)c3C#N)cc2)cc(F)cc1C(N)=O. The number of carbonyl (C=O) groups excluding carboxylic acids is 1. The molecule has 5 nitrogen and oxygen atoms in total. The first-order valence-corrected chi connectivity index (χ1v) is 10.2. The number of aromatic nitrogens is 1. The molecule has 10 heteroatoms. The highest BCUT2D eigenvalue weighted by Gasteiger charge is 2.23. The van der Waals surface area contributed by atoms with E-state index in [1.165, 1.54) is 13.2 Å². The number of pyridine rings is 1. The van der Waals surface area contributed by atoms with Crippen LogP contribution >= 0.6 is 27.5 Å². The Morgan fingerprint density at radius 2 is 1.97 bits per heavy atom. The maximum absolute atomic E-state index is 14.0. The zero-order chi connectivity index (χ0) is 23.6. The maximum Gasteiger partial charge on any atom is 0.281 e. The molecule has 0 aliphatic carbocycles. The third-order valence-corrected chi connectivity index (χ3v) is 6.06. The molecular weight excluding hydrogens is 511 g/mol. The summed E-state index contributed by atoms with van der Waals surface area (Å²) in [6.07, 6.45) is -2.70. The topological polar surface area (TPSA) is 89.0 Å². The van der Waals surface area contributed by atoms with Gasteiger partial charge in [-0.1, -0.05) is 35.9 Å². The molecule has 2 aromatic carbocycles. The minimum Gasteiger partial charge on any atom is -0.496 e. The smallest absolute Gasteiger partial charge is 0.281 e. The molecule has 0 saturated carbocycles. The molecule has 0 radical (unpaired) electrons. The Balaban J connectivity index is 2.02. The van der Waals surface area contributed by atoms with Gasteiger partial charge in [-0.2, -0.15) is 5.26 Å². The minimum atomic E-state index is -2.90. The van der Waals surface area contributed by atoms with E-state index in [1.54, 1.807) is 24.3 Å². The lowest BCUT2D eigenvalue weighted by Gasteiger charge is -2.14. The standard InChI is InChI=1S/C22H14BrClF3N3O2/c1-32-20-12(7-13(25)8-14(20)22(29)31)6-10-2-4-11(5-3-10)18-15(9-28)17(24)16(23)19(30-18)21(26)27/h2-5,7-8,21H,6H2,1H3,(H2,29,31). The number of halogens is 5. The van der Waals surface area contributed by atoms with E-state index in [0.29, 0.717) is 16.7 Å². The third-order valence-electron chi connectivity index (χ3n) is 4.65. The second-order valence-electron chi connectivity index (χ2n) is 6.64. The summed E-state index contributed by atoms with van der Waals surface area (Å²) in [5, 5.41) is 9.30. The van der Waals surface area contributed by atoms with Crippen LogP contribution < -0.4 is 10.5 Å². The summed E-state index contributed by atoms with van der Waals surface area (Å²) >= 11 is 9.06. The van der Waals surface area contributed by atoms with Crippen LogP contribution in [-0.4, -0.2) is 18.0 Å². The number of primary amides is 1. The van der Waals surface area contributed by atoms with Gasteiger partial charge in [-0.15, -0.1) is 0 Å². The van der Waals surface area contributed by atoms with Crippen molar-refractivity contribution in [2.45, 2.75) is 12.8 Å². The number of carbonyl (C=O) groups is 1. The number of methoxy groups -OCH3 is 1. The Labute approximate surface area is 194 Å². The molecule has 1 aromatic heterocycles. The van der Waals surface area contributed by atoms with Crippen molar-refractivity contribution in [3.63, 3.8) is 0 Å². The Bertz CT molecular complexity index is 1240. The molecule has 32 heavy (non-hydrogen) atoms. The van der Waals surface area contributed by atoms with Crippen LogP contribution in [0.2, 0.25) is 5.02 Å². The van der Waals surface area contributed by atoms with Crippen LogP contribution in [0.3, 0.4) is 0 Å². The molecule has 3 rings (SSSR count). The number of rotatable bonds is 6. The van der Waals surface area contributed by atoms with Gasteiger partial charge in [-0.25, -0.2) is 18.2 Å². The van der Waals surface area contributed by atoms with Crippen molar-refractivity contribution in [3.05, 3.63) is 79.7 Å². The maximum atomic E-state index is 14.0. The lowest BCUT2D eigenvalue weighted by atomic mass is 9.98. The fraction of sp³-hybridized carbons (Fsp3) is 0.136. The average molecular weight is 525 g/mol. The van der Waals surface area contributed by atoms with Gasteiger partial charge >= 0.3 is 0 Å². The molecule has 0 saturated heterocycles. The normalized spacial score (nSPS) is 10.8. The van der Waals surface area contributed by atoms with Crippen LogP contribution in [0.15, 0.2) is 40.9 Å². The highest BCUT2D eigenvalue weighted by atomic mass is 79.9. The van der Waals surface area contributed by atoms with E-state index in [-0.39, 0.29) is 38.5 Å². The van der Waals surface area contributed by atoms with Crippen molar-refractivity contribution < 1.29 is 22.7 Å². The first kappa shape index (κ1) is 23.6. The lowest BCUT2D eigenvalue weighted by Crippen LogP contribution is -2.14. The largest absolute Gasteiger partial charge is 0.496 e. The number of amides is 1. The van der Waals surface area contributed by atoms with Gasteiger partial charge in [-0.05, 0) is 33.6 Å². The van der Waals surface area contributed by atoms with Crippen molar-refractivity contribution in [3.8, 4) is 23.1 Å². The number of benzene rings is 2. The zero-order valence-corrected chi connectivity index (χ0v) is 18.8. The fourth-order valence-electron chi connectivity index (χ4n) is 3.21. The average Bonchev–Trinajstić information content (AvgIpc) is 2.75. The minimum absolute atomic E-state index is 0.0156. The van der Waals surface area contributed by atoms with Crippen LogP contribution in [0.4, 0.5) is 13.2 Å². The van der Waals surface area contributed by atoms with Crippen molar-refractivity contribution in [2.75, 3.05) is 7.11 Å². The molecule has 164 valence electrons. The Kier molecular flexibility index (Phi) is 7.06. The first-order chi connectivity index (χ1) is 15.2. The van der Waals surface area contributed by atoms with Gasteiger partial charge in [0.15, 0.2) is 0 Å². The lowest BCUT2D eigenvalue weighted by molar-refractivity contribution is 0.0996. The van der Waals surface area contributed by atoms with Crippen LogP contribution in [0, 0.1) is 17.1 Å². The van der Waals surface area contributed by atoms with Crippen molar-refractivity contribution in [2.24, 2.45) is 5.73 Å². The number of hydrogen-bond acceptors (Lipinski definition) is 4. The molecule has 0 unspecified atom stereocenters. The molecule has 1 amide bonds. The van der Waals surface area contributed by atoms with Crippen molar-refractivity contribution >= 4 is 33.4 Å². The number of ether oxygens (including phenoxy) is 1. The predicted octanol–water partition coefficient (Wildman–Crippen LogP) is 5.81. The number of nitrogens with zero attached hydrogens (tertiary/aromatic N) is 2. The molecule has 0 spiro atoms. The molecule has 0 fully saturated rings. The van der Waals surface area contributed by atoms with Crippen molar-refractivity contribution in [1.82, 2.24) is 4.98 Å². The number of nitrogens with two attached hydrogens (primary N) is 1. The molecule has 0 bridgehead atoms. The van der Waals surface area contributed by atoms with E-state index < -0.39 is 23.8 Å². The summed E-state index contributed by atoms with van der Waals surface area (Å²) in [4.78, 5) is 15.5. The summed E-state index contributed by atoms with van der Waals surface area (Å²) in [5.74, 6) is -1.30. The molecule has 1 heterocycles. The molecule has 2 N–H and O–H groups in total. The summed E-state index contributed by atoms with van der Waals surface area (Å²) < 4.78 is 45.7. The van der Waals surface area contributed by atoms with E-state index in [2.05, 4.69) is 20.9 Å². The van der Waals surface area contributed by atoms with Crippen molar-refractivity contribution in [1.29, 1.82) is 5.26 Å². The third kappa shape index (κ3) is 4.56. The summed E-state index contributed by atoms with van der Waals surface area (Å²) in [7, 11) is 1.35. The van der Waals surface area contributed by atoms with Gasteiger partial charge in [0.05, 0.1) is 33.4 Å². The molecule has 0 atom stereocenters. The highest BCUT2D eigenvalue weighted by Crippen LogP contribution is 2.38. The molecule has 3 aromatic rings. The summed E-state index contributed by atoms with van der Waals surface area (Å²) in [5.41, 5.74) is 6.11. The Morgan fingerprint density at radius 1 is 1.31 bits per heavy atom. The second-order valence-corrected chi connectivity index (χ2v) is 7.82. The molecule has 0 aliphatic rings. The Hall–Kier alpha value is -3.09. The molecular formula is C22H14BrClF3N3O2. The molecule has 0 aliphatic heterocycles. The zero-order valence-electron chi connectivity index (χ0n) is 16.4. The highest BCUT2D eigenvalue weighted by molar-refractivity contribution is 9.10. The number of nitriles is 1. The number of alkyl halides is 2. The summed E-state index contributed by atoms with van der Waals surface area (Å²) in [6, 6.07) is 10.6. The van der Waals surface area contributed by atoms with Gasteiger partial charge in [-0.3, -0.25) is 4.79 Å². The van der Waals surface area contributed by atoms with Gasteiger partial charge in [0.2, 0.25) is 0 Å². The predicted molar refractivity (Wildman–Crippen MR) is 116 cm³/mol. The van der Waals surface area contributed by atoms with Crippen LogP contribution in [0.1, 0.15) is 39.2 Å². The second kappa shape index (κ2) is 9.59. The number of hydrogen-bond donors (Lipinski definition) is 1.